The van der Waals surface area contributed by atoms with Gasteiger partial charge in [-0.05, 0) is 31.7 Å². The van der Waals surface area contributed by atoms with Crippen molar-refractivity contribution in [1.82, 2.24) is 4.90 Å². The van der Waals surface area contributed by atoms with Crippen LogP contribution in [0, 0.1) is 23.2 Å². The fraction of sp³-hybridized carbons (Fsp3) is 0.923. The summed E-state index contributed by atoms with van der Waals surface area (Å²) in [5.41, 5.74) is 0. The Morgan fingerprint density at radius 3 is 2.81 bits per heavy atom. The van der Waals surface area contributed by atoms with Gasteiger partial charge in [-0.1, -0.05) is 13.3 Å². The number of nitriles is 1. The van der Waals surface area contributed by atoms with E-state index in [0.29, 0.717) is 18.1 Å². The number of hydrogen-bond donors (Lipinski definition) is 0. The van der Waals surface area contributed by atoms with E-state index in [-0.39, 0.29) is 5.92 Å². The van der Waals surface area contributed by atoms with Gasteiger partial charge in [-0.2, -0.15) is 5.26 Å². The monoisotopic (exact) mass is 222 g/mol. The van der Waals surface area contributed by atoms with Gasteiger partial charge in [0.05, 0.1) is 18.1 Å². The maximum Gasteiger partial charge on any atom is 0.0724 e. The van der Waals surface area contributed by atoms with E-state index in [0.717, 1.165) is 19.5 Å². The SMILES string of the molecule is COC1CN(C2CCCC2C#N)CCC1C. The molecule has 0 aromatic heterocycles. The minimum Gasteiger partial charge on any atom is -0.380 e. The van der Waals surface area contributed by atoms with Crippen molar-refractivity contribution in [2.45, 2.75) is 44.8 Å². The predicted molar refractivity (Wildman–Crippen MR) is 62.9 cm³/mol. The molecule has 0 radical (unpaired) electrons. The molecule has 1 aliphatic carbocycles. The number of ether oxygens (including phenoxy) is 1. The van der Waals surface area contributed by atoms with Crippen LogP contribution in [0.1, 0.15) is 32.6 Å². The van der Waals surface area contributed by atoms with Crippen LogP contribution in [0.25, 0.3) is 0 Å². The van der Waals surface area contributed by atoms with Crippen LogP contribution in [0.15, 0.2) is 0 Å². The second-order valence-electron chi connectivity index (χ2n) is 5.27. The second-order valence-corrected chi connectivity index (χ2v) is 5.27. The molecule has 90 valence electrons. The second kappa shape index (κ2) is 5.16. The first-order valence-electron chi connectivity index (χ1n) is 6.42. The average Bonchev–Trinajstić information content (AvgIpc) is 2.78. The number of rotatable bonds is 2. The molecule has 1 heterocycles. The van der Waals surface area contributed by atoms with Crippen molar-refractivity contribution in [2.75, 3.05) is 20.2 Å². The molecule has 1 saturated carbocycles. The summed E-state index contributed by atoms with van der Waals surface area (Å²) in [6, 6.07) is 2.97. The largest absolute Gasteiger partial charge is 0.380 e. The van der Waals surface area contributed by atoms with Gasteiger partial charge in [0.1, 0.15) is 0 Å². The van der Waals surface area contributed by atoms with Crippen LogP contribution >= 0.6 is 0 Å². The molecule has 0 amide bonds. The van der Waals surface area contributed by atoms with Gasteiger partial charge < -0.3 is 4.74 Å². The smallest absolute Gasteiger partial charge is 0.0724 e. The lowest BCUT2D eigenvalue weighted by Gasteiger charge is -2.40. The Kier molecular flexibility index (Phi) is 3.83. The molecule has 4 unspecified atom stereocenters. The zero-order valence-corrected chi connectivity index (χ0v) is 10.4. The van der Waals surface area contributed by atoms with E-state index in [9.17, 15) is 0 Å². The first-order valence-corrected chi connectivity index (χ1v) is 6.42. The Balaban J connectivity index is 1.97. The quantitative estimate of drug-likeness (QED) is 0.717. The van der Waals surface area contributed by atoms with Gasteiger partial charge >= 0.3 is 0 Å². The molecule has 3 nitrogen and oxygen atoms in total. The number of methoxy groups -OCH3 is 1. The van der Waals surface area contributed by atoms with Gasteiger partial charge in [0, 0.05) is 19.7 Å². The molecule has 16 heavy (non-hydrogen) atoms. The third kappa shape index (κ3) is 2.23. The third-order valence-corrected chi connectivity index (χ3v) is 4.34. The van der Waals surface area contributed by atoms with Crippen molar-refractivity contribution in [3.63, 3.8) is 0 Å². The van der Waals surface area contributed by atoms with E-state index in [1.807, 2.05) is 0 Å². The molecule has 0 spiro atoms. The van der Waals surface area contributed by atoms with Crippen LogP contribution < -0.4 is 0 Å². The fourth-order valence-corrected chi connectivity index (χ4v) is 3.19. The first kappa shape index (κ1) is 11.9. The molecular weight excluding hydrogens is 200 g/mol. The van der Waals surface area contributed by atoms with E-state index in [4.69, 9.17) is 10.00 Å². The van der Waals surface area contributed by atoms with Gasteiger partial charge in [0.2, 0.25) is 0 Å². The normalized spacial score (nSPS) is 40.8. The van der Waals surface area contributed by atoms with Gasteiger partial charge in [-0.25, -0.2) is 0 Å². The van der Waals surface area contributed by atoms with E-state index in [2.05, 4.69) is 17.9 Å². The molecule has 0 aromatic rings. The van der Waals surface area contributed by atoms with Crippen LogP contribution in [0.2, 0.25) is 0 Å². The van der Waals surface area contributed by atoms with Gasteiger partial charge in [0.25, 0.3) is 0 Å². The van der Waals surface area contributed by atoms with Crippen molar-refractivity contribution in [1.29, 1.82) is 5.26 Å². The van der Waals surface area contributed by atoms with Crippen molar-refractivity contribution in [3.8, 4) is 6.07 Å². The van der Waals surface area contributed by atoms with Crippen molar-refractivity contribution in [2.24, 2.45) is 11.8 Å². The topological polar surface area (TPSA) is 36.3 Å². The number of piperidine rings is 1. The van der Waals surface area contributed by atoms with E-state index in [1.165, 1.54) is 19.3 Å². The molecule has 0 aromatic carbocycles. The molecule has 2 aliphatic rings. The maximum absolute atomic E-state index is 9.13. The Labute approximate surface area is 98.4 Å². The lowest BCUT2D eigenvalue weighted by atomic mass is 9.93. The highest BCUT2D eigenvalue weighted by molar-refractivity contribution is 4.99. The highest BCUT2D eigenvalue weighted by atomic mass is 16.5. The van der Waals surface area contributed by atoms with Crippen LogP contribution in [-0.2, 0) is 4.74 Å². The fourth-order valence-electron chi connectivity index (χ4n) is 3.19. The van der Waals surface area contributed by atoms with E-state index < -0.39 is 0 Å². The average molecular weight is 222 g/mol. The molecule has 1 saturated heterocycles. The van der Waals surface area contributed by atoms with Crippen molar-refractivity contribution < 1.29 is 4.74 Å². The van der Waals surface area contributed by atoms with E-state index in [1.54, 1.807) is 7.11 Å². The molecule has 0 N–H and O–H groups in total. The Morgan fingerprint density at radius 1 is 1.31 bits per heavy atom. The highest BCUT2D eigenvalue weighted by Crippen LogP contribution is 2.32. The summed E-state index contributed by atoms with van der Waals surface area (Å²) in [5.74, 6) is 0.911. The van der Waals surface area contributed by atoms with Gasteiger partial charge in [-0.15, -0.1) is 0 Å². The Morgan fingerprint density at radius 2 is 2.12 bits per heavy atom. The Bertz CT molecular complexity index is 274. The molecule has 1 aliphatic heterocycles. The minimum absolute atomic E-state index is 0.255. The van der Waals surface area contributed by atoms with Gasteiger partial charge in [-0.3, -0.25) is 4.90 Å². The van der Waals surface area contributed by atoms with Gasteiger partial charge in [0.15, 0.2) is 0 Å². The van der Waals surface area contributed by atoms with Crippen molar-refractivity contribution >= 4 is 0 Å². The van der Waals surface area contributed by atoms with Crippen LogP contribution in [0.3, 0.4) is 0 Å². The first-order chi connectivity index (χ1) is 7.76. The van der Waals surface area contributed by atoms with Crippen LogP contribution in [-0.4, -0.2) is 37.2 Å². The summed E-state index contributed by atoms with van der Waals surface area (Å²) in [5, 5.41) is 9.13. The summed E-state index contributed by atoms with van der Waals surface area (Å²) in [7, 11) is 1.81. The van der Waals surface area contributed by atoms with Crippen molar-refractivity contribution in [3.05, 3.63) is 0 Å². The third-order valence-electron chi connectivity index (χ3n) is 4.34. The lowest BCUT2D eigenvalue weighted by molar-refractivity contribution is -0.0215. The highest BCUT2D eigenvalue weighted by Gasteiger charge is 2.36. The molecule has 2 rings (SSSR count). The standard InChI is InChI=1S/C13H22N2O/c1-10-6-7-15(9-13(10)16-2)12-5-3-4-11(12)8-14/h10-13H,3-7,9H2,1-2H3. The summed E-state index contributed by atoms with van der Waals surface area (Å²) in [6.45, 7) is 4.42. The number of hydrogen-bond acceptors (Lipinski definition) is 3. The van der Waals surface area contributed by atoms with E-state index >= 15 is 0 Å². The summed E-state index contributed by atoms with van der Waals surface area (Å²) >= 11 is 0. The summed E-state index contributed by atoms with van der Waals surface area (Å²) in [4.78, 5) is 2.50. The predicted octanol–water partition coefficient (Wildman–Crippen LogP) is 2.04. The molecule has 2 fully saturated rings. The number of nitrogens with zero attached hydrogens (tertiary/aromatic N) is 2. The Hall–Kier alpha value is -0.590. The number of likely N-dealkylation sites (tertiary alicyclic amines) is 1. The molecular formula is C13H22N2O. The van der Waals surface area contributed by atoms with Crippen LogP contribution in [0.4, 0.5) is 0 Å². The molecule has 0 bridgehead atoms. The molecule has 4 atom stereocenters. The molecule has 3 heteroatoms. The summed E-state index contributed by atoms with van der Waals surface area (Å²) < 4.78 is 5.54. The summed E-state index contributed by atoms with van der Waals surface area (Å²) in [6.07, 6.45) is 5.06. The minimum atomic E-state index is 0.255. The lowest BCUT2D eigenvalue weighted by Crippen LogP contribution is -2.49. The zero-order valence-electron chi connectivity index (χ0n) is 10.4. The zero-order chi connectivity index (χ0) is 11.5. The van der Waals surface area contributed by atoms with Crippen LogP contribution in [0.5, 0.6) is 0 Å². The maximum atomic E-state index is 9.13.